The van der Waals surface area contributed by atoms with Gasteiger partial charge in [-0.3, -0.25) is 4.79 Å². The van der Waals surface area contributed by atoms with Crippen molar-refractivity contribution in [1.82, 2.24) is 10.2 Å². The molecule has 0 radical (unpaired) electrons. The van der Waals surface area contributed by atoms with E-state index in [2.05, 4.69) is 5.32 Å². The molecule has 6 nitrogen and oxygen atoms in total. The lowest BCUT2D eigenvalue weighted by Gasteiger charge is -2.29. The quantitative estimate of drug-likeness (QED) is 0.855. The molecule has 3 rings (SSSR count). The van der Waals surface area contributed by atoms with E-state index in [4.69, 9.17) is 4.74 Å². The van der Waals surface area contributed by atoms with Gasteiger partial charge >= 0.3 is 6.09 Å². The molecule has 1 aromatic carbocycles. The molecular weight excluding hydrogens is 320 g/mol. The van der Waals surface area contributed by atoms with E-state index < -0.39 is 18.2 Å². The number of aliphatic hydroxyl groups excluding tert-OH is 1. The fourth-order valence-corrected chi connectivity index (χ4v) is 3.74. The van der Waals surface area contributed by atoms with Crippen molar-refractivity contribution in [2.24, 2.45) is 5.92 Å². The van der Waals surface area contributed by atoms with Gasteiger partial charge in [0.15, 0.2) is 0 Å². The number of alkyl carbamates (subject to hydrolysis) is 1. The van der Waals surface area contributed by atoms with Gasteiger partial charge in [-0.15, -0.1) is 0 Å². The minimum atomic E-state index is -0.709. The van der Waals surface area contributed by atoms with Gasteiger partial charge in [-0.25, -0.2) is 4.79 Å². The number of hydrogen-bond acceptors (Lipinski definition) is 4. The van der Waals surface area contributed by atoms with Crippen LogP contribution in [0.1, 0.15) is 37.7 Å². The Morgan fingerprint density at radius 1 is 1.16 bits per heavy atom. The van der Waals surface area contributed by atoms with Gasteiger partial charge in [0.1, 0.15) is 12.6 Å². The van der Waals surface area contributed by atoms with Crippen LogP contribution in [-0.2, 0) is 16.1 Å². The zero-order valence-electron chi connectivity index (χ0n) is 14.4. The summed E-state index contributed by atoms with van der Waals surface area (Å²) in [5, 5.41) is 12.9. The lowest BCUT2D eigenvalue weighted by atomic mass is 9.95. The Hall–Kier alpha value is -2.08. The Kier molecular flexibility index (Phi) is 5.91. The van der Waals surface area contributed by atoms with Crippen LogP contribution in [0.4, 0.5) is 4.79 Å². The first kappa shape index (κ1) is 17.7. The number of carbonyl (C=O) groups excluding carboxylic acids is 2. The molecule has 0 aromatic heterocycles. The van der Waals surface area contributed by atoms with Crippen LogP contribution in [0, 0.1) is 5.92 Å². The Labute approximate surface area is 148 Å². The van der Waals surface area contributed by atoms with Gasteiger partial charge in [0.05, 0.1) is 6.10 Å². The highest BCUT2D eigenvalue weighted by Gasteiger charge is 2.40. The molecular formula is C19H26N2O4. The lowest BCUT2D eigenvalue weighted by molar-refractivity contribution is -0.134. The molecule has 25 heavy (non-hydrogen) atoms. The second-order valence-electron chi connectivity index (χ2n) is 6.88. The van der Waals surface area contributed by atoms with Crippen molar-refractivity contribution in [2.45, 2.75) is 50.9 Å². The molecule has 6 heteroatoms. The predicted octanol–water partition coefficient (Wildman–Crippen LogP) is 2.06. The van der Waals surface area contributed by atoms with Gasteiger partial charge in [0, 0.05) is 19.0 Å². The van der Waals surface area contributed by atoms with E-state index in [1.54, 1.807) is 4.90 Å². The number of benzene rings is 1. The van der Waals surface area contributed by atoms with Crippen molar-refractivity contribution in [3.8, 4) is 0 Å². The van der Waals surface area contributed by atoms with Crippen molar-refractivity contribution in [3.63, 3.8) is 0 Å². The SMILES string of the molecule is O=C(N[C@@H](C(=O)N1CCCC1)[C@@H]1CCC[C@H]1O)OCc1ccccc1. The topological polar surface area (TPSA) is 78.9 Å². The van der Waals surface area contributed by atoms with Crippen LogP contribution in [0.15, 0.2) is 30.3 Å². The fourth-order valence-electron chi connectivity index (χ4n) is 3.74. The third kappa shape index (κ3) is 4.51. The Bertz CT molecular complexity index is 586. The van der Waals surface area contributed by atoms with E-state index in [-0.39, 0.29) is 18.4 Å². The van der Waals surface area contributed by atoms with Crippen LogP contribution >= 0.6 is 0 Å². The summed E-state index contributed by atoms with van der Waals surface area (Å²) >= 11 is 0. The largest absolute Gasteiger partial charge is 0.445 e. The average molecular weight is 346 g/mol. The summed E-state index contributed by atoms with van der Waals surface area (Å²) in [7, 11) is 0. The van der Waals surface area contributed by atoms with Crippen LogP contribution in [0.3, 0.4) is 0 Å². The number of aliphatic hydroxyl groups is 1. The Morgan fingerprint density at radius 2 is 1.88 bits per heavy atom. The summed E-state index contributed by atoms with van der Waals surface area (Å²) in [6, 6.07) is 8.70. The van der Waals surface area contributed by atoms with Crippen LogP contribution in [0.5, 0.6) is 0 Å². The zero-order valence-corrected chi connectivity index (χ0v) is 14.4. The maximum absolute atomic E-state index is 12.8. The van der Waals surface area contributed by atoms with Crippen molar-refractivity contribution in [2.75, 3.05) is 13.1 Å². The van der Waals surface area contributed by atoms with Gasteiger partial charge in [-0.2, -0.15) is 0 Å². The van der Waals surface area contributed by atoms with Gasteiger partial charge in [-0.05, 0) is 31.2 Å². The molecule has 1 aliphatic carbocycles. The van der Waals surface area contributed by atoms with E-state index in [9.17, 15) is 14.7 Å². The standard InChI is InChI=1S/C19H26N2O4/c22-16-10-6-9-15(16)17(18(23)21-11-4-5-12-21)20-19(24)25-13-14-7-2-1-3-8-14/h1-3,7-8,15-17,22H,4-6,9-13H2,(H,20,24)/t15-,16-,17-/m1/s1. The highest BCUT2D eigenvalue weighted by molar-refractivity contribution is 5.86. The lowest BCUT2D eigenvalue weighted by Crippen LogP contribution is -2.53. The summed E-state index contributed by atoms with van der Waals surface area (Å²) in [4.78, 5) is 26.8. The summed E-state index contributed by atoms with van der Waals surface area (Å²) in [5.74, 6) is -0.336. The summed E-state index contributed by atoms with van der Waals surface area (Å²) in [6.07, 6.45) is 3.11. The number of rotatable bonds is 5. The average Bonchev–Trinajstić information content (AvgIpc) is 3.30. The normalized spacial score (nSPS) is 24.1. The molecule has 1 aliphatic heterocycles. The second kappa shape index (κ2) is 8.34. The van der Waals surface area contributed by atoms with Crippen molar-refractivity contribution in [1.29, 1.82) is 0 Å². The van der Waals surface area contributed by atoms with Gasteiger partial charge in [0.25, 0.3) is 0 Å². The molecule has 1 saturated carbocycles. The highest BCUT2D eigenvalue weighted by Crippen LogP contribution is 2.30. The first-order valence-corrected chi connectivity index (χ1v) is 9.09. The van der Waals surface area contributed by atoms with E-state index >= 15 is 0 Å². The van der Waals surface area contributed by atoms with E-state index in [0.717, 1.165) is 44.3 Å². The zero-order chi connectivity index (χ0) is 17.6. The molecule has 2 fully saturated rings. The van der Waals surface area contributed by atoms with Gasteiger partial charge in [0.2, 0.25) is 5.91 Å². The highest BCUT2D eigenvalue weighted by atomic mass is 16.5. The number of carbonyl (C=O) groups is 2. The van der Waals surface area contributed by atoms with Crippen molar-refractivity contribution < 1.29 is 19.4 Å². The predicted molar refractivity (Wildman–Crippen MR) is 92.7 cm³/mol. The molecule has 0 spiro atoms. The Morgan fingerprint density at radius 3 is 2.52 bits per heavy atom. The maximum atomic E-state index is 12.8. The van der Waals surface area contributed by atoms with Gasteiger partial charge < -0.3 is 20.1 Å². The number of ether oxygens (including phenoxy) is 1. The third-order valence-electron chi connectivity index (χ3n) is 5.13. The number of nitrogens with one attached hydrogen (secondary N) is 1. The van der Waals surface area contributed by atoms with Gasteiger partial charge in [-0.1, -0.05) is 36.8 Å². The van der Waals surface area contributed by atoms with Crippen LogP contribution in [-0.4, -0.2) is 47.2 Å². The Balaban J connectivity index is 1.62. The minimum Gasteiger partial charge on any atom is -0.445 e. The van der Waals surface area contributed by atoms with Crippen molar-refractivity contribution >= 4 is 12.0 Å². The van der Waals surface area contributed by atoms with Crippen molar-refractivity contribution in [3.05, 3.63) is 35.9 Å². The fraction of sp³-hybridized carbons (Fsp3) is 0.579. The van der Waals surface area contributed by atoms with E-state index in [1.165, 1.54) is 0 Å². The minimum absolute atomic E-state index is 0.0971. The molecule has 2 N–H and O–H groups in total. The molecule has 1 saturated heterocycles. The smallest absolute Gasteiger partial charge is 0.408 e. The monoisotopic (exact) mass is 346 g/mol. The third-order valence-corrected chi connectivity index (χ3v) is 5.13. The first-order chi connectivity index (χ1) is 12.1. The number of amides is 2. The second-order valence-corrected chi connectivity index (χ2v) is 6.88. The summed E-state index contributed by atoms with van der Waals surface area (Å²) < 4.78 is 5.26. The molecule has 2 aliphatic rings. The van der Waals surface area contributed by atoms with E-state index in [0.29, 0.717) is 6.42 Å². The number of nitrogens with zero attached hydrogens (tertiary/aromatic N) is 1. The van der Waals surface area contributed by atoms with Crippen LogP contribution in [0.25, 0.3) is 0 Å². The molecule has 3 atom stereocenters. The molecule has 136 valence electrons. The van der Waals surface area contributed by atoms with Crippen LogP contribution in [0.2, 0.25) is 0 Å². The molecule has 1 aromatic rings. The first-order valence-electron chi connectivity index (χ1n) is 9.09. The van der Waals surface area contributed by atoms with Crippen LogP contribution < -0.4 is 5.32 Å². The van der Waals surface area contributed by atoms with E-state index in [1.807, 2.05) is 30.3 Å². The maximum Gasteiger partial charge on any atom is 0.408 e. The molecule has 1 heterocycles. The molecule has 2 amide bonds. The molecule has 0 unspecified atom stereocenters. The molecule has 0 bridgehead atoms. The number of likely N-dealkylation sites (tertiary alicyclic amines) is 1. The number of hydrogen-bond donors (Lipinski definition) is 2. The summed E-state index contributed by atoms with van der Waals surface area (Å²) in [5.41, 5.74) is 0.890. The summed E-state index contributed by atoms with van der Waals surface area (Å²) in [6.45, 7) is 1.60.